The van der Waals surface area contributed by atoms with Gasteiger partial charge in [0.2, 0.25) is 0 Å². The SMILES string of the molecule is CCCCOCCNCC(C)(C)CCC#N. The topological polar surface area (TPSA) is 45.0 Å². The summed E-state index contributed by atoms with van der Waals surface area (Å²) >= 11 is 0. The lowest BCUT2D eigenvalue weighted by Crippen LogP contribution is -2.31. The summed E-state index contributed by atoms with van der Waals surface area (Å²) in [5.41, 5.74) is 0.207. The number of hydrogen-bond donors (Lipinski definition) is 1. The highest BCUT2D eigenvalue weighted by molar-refractivity contribution is 4.78. The first-order chi connectivity index (χ1) is 7.62. The predicted octanol–water partition coefficient (Wildman–Crippen LogP) is 2.72. The van der Waals surface area contributed by atoms with Gasteiger partial charge in [0, 0.05) is 26.1 Å². The fourth-order valence-electron chi connectivity index (χ4n) is 1.40. The van der Waals surface area contributed by atoms with Gasteiger partial charge in [-0.25, -0.2) is 0 Å². The molecular weight excluding hydrogens is 200 g/mol. The highest BCUT2D eigenvalue weighted by Crippen LogP contribution is 2.20. The summed E-state index contributed by atoms with van der Waals surface area (Å²) < 4.78 is 5.46. The van der Waals surface area contributed by atoms with Crippen LogP contribution in [0, 0.1) is 16.7 Å². The first-order valence-corrected chi connectivity index (χ1v) is 6.28. The Kier molecular flexibility index (Phi) is 9.27. The fraction of sp³-hybridized carbons (Fsp3) is 0.923. The highest BCUT2D eigenvalue weighted by Gasteiger charge is 2.16. The summed E-state index contributed by atoms with van der Waals surface area (Å²) in [6.45, 7) is 10.1. The van der Waals surface area contributed by atoms with Crippen molar-refractivity contribution in [1.29, 1.82) is 5.26 Å². The summed E-state index contributed by atoms with van der Waals surface area (Å²) in [5.74, 6) is 0. The molecule has 0 bridgehead atoms. The molecule has 0 unspecified atom stereocenters. The molecule has 3 nitrogen and oxygen atoms in total. The molecule has 3 heteroatoms. The average molecular weight is 226 g/mol. The Balaban J connectivity index is 3.33. The van der Waals surface area contributed by atoms with Crippen molar-refractivity contribution < 1.29 is 4.74 Å². The van der Waals surface area contributed by atoms with Crippen molar-refractivity contribution in [3.8, 4) is 6.07 Å². The zero-order valence-electron chi connectivity index (χ0n) is 11.0. The molecule has 0 heterocycles. The van der Waals surface area contributed by atoms with Crippen molar-refractivity contribution in [2.24, 2.45) is 5.41 Å². The Labute approximate surface area is 100 Å². The van der Waals surface area contributed by atoms with Gasteiger partial charge in [0.15, 0.2) is 0 Å². The fourth-order valence-corrected chi connectivity index (χ4v) is 1.40. The third-order valence-corrected chi connectivity index (χ3v) is 2.58. The lowest BCUT2D eigenvalue weighted by Gasteiger charge is -2.23. The second-order valence-electron chi connectivity index (χ2n) is 4.97. The van der Waals surface area contributed by atoms with Gasteiger partial charge in [0.25, 0.3) is 0 Å². The van der Waals surface area contributed by atoms with E-state index in [1.165, 1.54) is 6.42 Å². The van der Waals surface area contributed by atoms with E-state index in [9.17, 15) is 0 Å². The maximum absolute atomic E-state index is 8.53. The van der Waals surface area contributed by atoms with Gasteiger partial charge in [0.1, 0.15) is 0 Å². The maximum Gasteiger partial charge on any atom is 0.0621 e. The summed E-state index contributed by atoms with van der Waals surface area (Å²) in [4.78, 5) is 0. The molecule has 0 saturated heterocycles. The molecule has 0 radical (unpaired) electrons. The number of nitriles is 1. The molecule has 16 heavy (non-hydrogen) atoms. The van der Waals surface area contributed by atoms with Crippen LogP contribution in [0.15, 0.2) is 0 Å². The number of hydrogen-bond acceptors (Lipinski definition) is 3. The van der Waals surface area contributed by atoms with Crippen LogP contribution in [-0.4, -0.2) is 26.3 Å². The largest absolute Gasteiger partial charge is 0.380 e. The van der Waals surface area contributed by atoms with E-state index in [2.05, 4.69) is 32.2 Å². The van der Waals surface area contributed by atoms with Crippen LogP contribution in [0.4, 0.5) is 0 Å². The Hall–Kier alpha value is -0.590. The molecule has 0 atom stereocenters. The number of unbranched alkanes of at least 4 members (excludes halogenated alkanes) is 1. The van der Waals surface area contributed by atoms with Crippen molar-refractivity contribution >= 4 is 0 Å². The highest BCUT2D eigenvalue weighted by atomic mass is 16.5. The van der Waals surface area contributed by atoms with Crippen molar-refractivity contribution in [2.45, 2.75) is 46.5 Å². The first kappa shape index (κ1) is 15.4. The molecule has 0 rings (SSSR count). The number of rotatable bonds is 10. The smallest absolute Gasteiger partial charge is 0.0621 e. The molecule has 0 spiro atoms. The number of ether oxygens (including phenoxy) is 1. The quantitative estimate of drug-likeness (QED) is 0.583. The van der Waals surface area contributed by atoms with E-state index in [0.29, 0.717) is 6.42 Å². The van der Waals surface area contributed by atoms with Gasteiger partial charge in [-0.3, -0.25) is 0 Å². The van der Waals surface area contributed by atoms with Crippen molar-refractivity contribution in [2.75, 3.05) is 26.3 Å². The minimum atomic E-state index is 0.207. The van der Waals surface area contributed by atoms with Crippen LogP contribution in [0.3, 0.4) is 0 Å². The van der Waals surface area contributed by atoms with Gasteiger partial charge in [-0.15, -0.1) is 0 Å². The van der Waals surface area contributed by atoms with Crippen LogP contribution >= 0.6 is 0 Å². The Morgan fingerprint density at radius 2 is 2.06 bits per heavy atom. The Morgan fingerprint density at radius 1 is 1.31 bits per heavy atom. The van der Waals surface area contributed by atoms with E-state index >= 15 is 0 Å². The molecule has 94 valence electrons. The lowest BCUT2D eigenvalue weighted by molar-refractivity contribution is 0.130. The third-order valence-electron chi connectivity index (χ3n) is 2.58. The Morgan fingerprint density at radius 3 is 2.69 bits per heavy atom. The first-order valence-electron chi connectivity index (χ1n) is 6.28. The second kappa shape index (κ2) is 9.62. The molecule has 0 aliphatic rings. The number of nitrogens with one attached hydrogen (secondary N) is 1. The lowest BCUT2D eigenvalue weighted by atomic mass is 9.88. The van der Waals surface area contributed by atoms with Crippen molar-refractivity contribution in [3.63, 3.8) is 0 Å². The molecule has 0 saturated carbocycles. The molecular formula is C13H26N2O. The van der Waals surface area contributed by atoms with E-state index in [1.807, 2.05) is 0 Å². The van der Waals surface area contributed by atoms with Gasteiger partial charge in [-0.2, -0.15) is 5.26 Å². The van der Waals surface area contributed by atoms with Crippen LogP contribution < -0.4 is 5.32 Å². The molecule has 0 aliphatic heterocycles. The summed E-state index contributed by atoms with van der Waals surface area (Å²) in [6, 6.07) is 2.20. The number of nitrogens with zero attached hydrogens (tertiary/aromatic N) is 1. The summed E-state index contributed by atoms with van der Waals surface area (Å²) in [7, 11) is 0. The van der Waals surface area contributed by atoms with Crippen LogP contribution in [0.25, 0.3) is 0 Å². The molecule has 0 fully saturated rings. The van der Waals surface area contributed by atoms with Crippen molar-refractivity contribution in [1.82, 2.24) is 5.32 Å². The van der Waals surface area contributed by atoms with Crippen molar-refractivity contribution in [3.05, 3.63) is 0 Å². The van der Waals surface area contributed by atoms with Gasteiger partial charge >= 0.3 is 0 Å². The van der Waals surface area contributed by atoms with Crippen LogP contribution in [-0.2, 0) is 4.74 Å². The molecule has 0 aliphatic carbocycles. The minimum Gasteiger partial charge on any atom is -0.380 e. The van der Waals surface area contributed by atoms with Crippen LogP contribution in [0.5, 0.6) is 0 Å². The van der Waals surface area contributed by atoms with Gasteiger partial charge in [0.05, 0.1) is 12.7 Å². The Bertz CT molecular complexity index is 197. The normalized spacial score (nSPS) is 11.4. The zero-order valence-corrected chi connectivity index (χ0v) is 11.0. The summed E-state index contributed by atoms with van der Waals surface area (Å²) in [6.07, 6.45) is 3.93. The van der Waals surface area contributed by atoms with Crippen LogP contribution in [0.1, 0.15) is 46.5 Å². The second-order valence-corrected chi connectivity index (χ2v) is 4.97. The average Bonchev–Trinajstić information content (AvgIpc) is 2.25. The van der Waals surface area contributed by atoms with Crippen LogP contribution in [0.2, 0.25) is 0 Å². The summed E-state index contributed by atoms with van der Waals surface area (Å²) in [5, 5.41) is 11.9. The third kappa shape index (κ3) is 9.95. The standard InChI is InChI=1S/C13H26N2O/c1-4-5-10-16-11-9-15-12-13(2,3)7-6-8-14/h15H,4-7,9-12H2,1-3H3. The van der Waals surface area contributed by atoms with Gasteiger partial charge in [-0.1, -0.05) is 27.2 Å². The van der Waals surface area contributed by atoms with E-state index in [0.717, 1.165) is 39.1 Å². The van der Waals surface area contributed by atoms with Gasteiger partial charge in [-0.05, 0) is 18.3 Å². The van der Waals surface area contributed by atoms with E-state index < -0.39 is 0 Å². The van der Waals surface area contributed by atoms with E-state index in [1.54, 1.807) is 0 Å². The van der Waals surface area contributed by atoms with Gasteiger partial charge < -0.3 is 10.1 Å². The molecule has 1 N–H and O–H groups in total. The maximum atomic E-state index is 8.53. The van der Waals surface area contributed by atoms with E-state index in [4.69, 9.17) is 10.00 Å². The molecule has 0 aromatic rings. The minimum absolute atomic E-state index is 0.207. The molecule has 0 aromatic heterocycles. The monoisotopic (exact) mass is 226 g/mol. The zero-order chi connectivity index (χ0) is 12.3. The molecule has 0 amide bonds. The van der Waals surface area contributed by atoms with E-state index in [-0.39, 0.29) is 5.41 Å². The molecule has 0 aromatic carbocycles. The predicted molar refractivity (Wildman–Crippen MR) is 67.2 cm³/mol.